The summed E-state index contributed by atoms with van der Waals surface area (Å²) in [6.07, 6.45) is 3.55. The zero-order valence-electron chi connectivity index (χ0n) is 19.3. The van der Waals surface area contributed by atoms with Gasteiger partial charge in [-0.3, -0.25) is 4.98 Å². The first-order valence-electron chi connectivity index (χ1n) is 11.9. The molecule has 0 atom stereocenters. The van der Waals surface area contributed by atoms with E-state index in [1.807, 2.05) is 18.2 Å². The fourth-order valence-corrected chi connectivity index (χ4v) is 4.61. The van der Waals surface area contributed by atoms with Crippen LogP contribution in [0.15, 0.2) is 116 Å². The smallest absolute Gasteiger partial charge is 0.138 e. The average molecular weight is 464 g/mol. The van der Waals surface area contributed by atoms with Gasteiger partial charge < -0.3 is 9.97 Å². The minimum atomic E-state index is 0.844. The van der Waals surface area contributed by atoms with Crippen molar-refractivity contribution >= 4 is 22.1 Å². The number of H-pyrrole nitrogens is 2. The van der Waals surface area contributed by atoms with E-state index in [1.54, 1.807) is 12.4 Å². The highest BCUT2D eigenvalue weighted by molar-refractivity contribution is 5.88. The SMILES string of the molecule is c1ccc(-c2ccc(-c3nc4ccc(-c5ccc6nc(-c7ccncc7)[nH]c6c5)cc4[nH]3)cc2)cc1. The summed E-state index contributed by atoms with van der Waals surface area (Å²) in [5.74, 6) is 1.71. The van der Waals surface area contributed by atoms with Gasteiger partial charge >= 0.3 is 0 Å². The molecule has 7 rings (SSSR count). The average Bonchev–Trinajstić information content (AvgIpc) is 3.58. The molecule has 5 heteroatoms. The Balaban J connectivity index is 1.21. The molecule has 0 spiro atoms. The van der Waals surface area contributed by atoms with Gasteiger partial charge in [-0.05, 0) is 58.7 Å². The largest absolute Gasteiger partial charge is 0.338 e. The summed E-state index contributed by atoms with van der Waals surface area (Å²) in [7, 11) is 0. The van der Waals surface area contributed by atoms with Crippen molar-refractivity contribution in [1.82, 2.24) is 24.9 Å². The minimum absolute atomic E-state index is 0.844. The molecule has 0 radical (unpaired) electrons. The van der Waals surface area contributed by atoms with Gasteiger partial charge in [0.2, 0.25) is 0 Å². The highest BCUT2D eigenvalue weighted by Gasteiger charge is 2.10. The van der Waals surface area contributed by atoms with E-state index >= 15 is 0 Å². The maximum Gasteiger partial charge on any atom is 0.138 e. The van der Waals surface area contributed by atoms with Crippen LogP contribution >= 0.6 is 0 Å². The molecule has 0 fully saturated rings. The predicted octanol–water partition coefficient (Wildman–Crippen LogP) is 7.50. The van der Waals surface area contributed by atoms with E-state index in [4.69, 9.17) is 9.97 Å². The van der Waals surface area contributed by atoms with Crippen molar-refractivity contribution < 1.29 is 0 Å². The molecular formula is C31H21N5. The van der Waals surface area contributed by atoms with Crippen molar-refractivity contribution in [3.63, 3.8) is 0 Å². The Morgan fingerprint density at radius 3 is 1.47 bits per heavy atom. The van der Waals surface area contributed by atoms with Gasteiger partial charge in [-0.15, -0.1) is 0 Å². The van der Waals surface area contributed by atoms with Gasteiger partial charge in [0.25, 0.3) is 0 Å². The molecule has 4 aromatic carbocycles. The van der Waals surface area contributed by atoms with Crippen LogP contribution in [0, 0.1) is 0 Å². The Bertz CT molecular complexity index is 1810. The van der Waals surface area contributed by atoms with E-state index in [9.17, 15) is 0 Å². The molecule has 0 aliphatic heterocycles. The second kappa shape index (κ2) is 8.32. The van der Waals surface area contributed by atoms with Crippen molar-refractivity contribution in [3.05, 3.63) is 116 Å². The molecule has 0 saturated heterocycles. The molecule has 0 saturated carbocycles. The van der Waals surface area contributed by atoms with E-state index in [-0.39, 0.29) is 0 Å². The van der Waals surface area contributed by atoms with E-state index in [0.717, 1.165) is 56.0 Å². The highest BCUT2D eigenvalue weighted by Crippen LogP contribution is 2.30. The number of rotatable bonds is 4. The number of benzene rings is 4. The number of imidazole rings is 2. The van der Waals surface area contributed by atoms with Gasteiger partial charge in [0.05, 0.1) is 22.1 Å². The summed E-state index contributed by atoms with van der Waals surface area (Å²) < 4.78 is 0. The standard InChI is InChI=1S/C31H21N5/c1-2-4-20(5-3-1)21-6-8-22(9-7-21)30-33-26-12-10-24(18-28(26)35-30)25-11-13-27-29(19-25)36-31(34-27)23-14-16-32-17-15-23/h1-19H,(H,33,35)(H,34,36). The lowest BCUT2D eigenvalue weighted by molar-refractivity contribution is 1.28. The van der Waals surface area contributed by atoms with Crippen LogP contribution in [0.3, 0.4) is 0 Å². The second-order valence-electron chi connectivity index (χ2n) is 8.81. The summed E-state index contributed by atoms with van der Waals surface area (Å²) in [4.78, 5) is 20.6. The summed E-state index contributed by atoms with van der Waals surface area (Å²) >= 11 is 0. The molecule has 0 aliphatic carbocycles. The van der Waals surface area contributed by atoms with E-state index in [2.05, 4.69) is 99.9 Å². The lowest BCUT2D eigenvalue weighted by Gasteiger charge is -2.02. The van der Waals surface area contributed by atoms with E-state index in [1.165, 1.54) is 11.1 Å². The zero-order chi connectivity index (χ0) is 23.9. The molecule has 7 aromatic rings. The highest BCUT2D eigenvalue weighted by atomic mass is 14.9. The quantitative estimate of drug-likeness (QED) is 0.284. The Kier molecular flexibility index (Phi) is 4.71. The van der Waals surface area contributed by atoms with Crippen LogP contribution in [0.25, 0.3) is 67.1 Å². The van der Waals surface area contributed by atoms with Crippen molar-refractivity contribution in [2.75, 3.05) is 0 Å². The van der Waals surface area contributed by atoms with Gasteiger partial charge in [-0.1, -0.05) is 66.7 Å². The first-order chi connectivity index (χ1) is 17.8. The molecule has 3 heterocycles. The Morgan fingerprint density at radius 1 is 0.417 bits per heavy atom. The van der Waals surface area contributed by atoms with E-state index in [0.29, 0.717) is 0 Å². The molecule has 0 unspecified atom stereocenters. The topological polar surface area (TPSA) is 70.2 Å². The molecule has 2 N–H and O–H groups in total. The third kappa shape index (κ3) is 3.63. The normalized spacial score (nSPS) is 11.3. The van der Waals surface area contributed by atoms with Gasteiger partial charge in [0.1, 0.15) is 11.6 Å². The molecule has 36 heavy (non-hydrogen) atoms. The minimum Gasteiger partial charge on any atom is -0.338 e. The number of fused-ring (bicyclic) bond motifs is 2. The molecule has 5 nitrogen and oxygen atoms in total. The molecule has 0 bridgehead atoms. The fourth-order valence-electron chi connectivity index (χ4n) is 4.61. The Morgan fingerprint density at radius 2 is 0.889 bits per heavy atom. The van der Waals surface area contributed by atoms with Gasteiger partial charge in [0.15, 0.2) is 0 Å². The number of aromatic amines is 2. The first kappa shape index (κ1) is 20.4. The second-order valence-corrected chi connectivity index (χ2v) is 8.81. The molecule has 0 amide bonds. The van der Waals surface area contributed by atoms with Crippen LogP contribution in [0.2, 0.25) is 0 Å². The monoisotopic (exact) mass is 463 g/mol. The maximum absolute atomic E-state index is 4.83. The first-order valence-corrected chi connectivity index (χ1v) is 11.9. The van der Waals surface area contributed by atoms with Gasteiger partial charge in [-0.2, -0.15) is 0 Å². The number of nitrogens with one attached hydrogen (secondary N) is 2. The van der Waals surface area contributed by atoms with Crippen LogP contribution in [0.4, 0.5) is 0 Å². The number of hydrogen-bond donors (Lipinski definition) is 2. The Labute approximate surface area is 207 Å². The molecule has 3 aromatic heterocycles. The number of nitrogens with zero attached hydrogens (tertiary/aromatic N) is 3. The lowest BCUT2D eigenvalue weighted by atomic mass is 10.0. The lowest BCUT2D eigenvalue weighted by Crippen LogP contribution is -1.81. The fraction of sp³-hybridized carbons (Fsp3) is 0. The van der Waals surface area contributed by atoms with Gasteiger partial charge in [0, 0.05) is 23.5 Å². The molecular weight excluding hydrogens is 442 g/mol. The molecule has 170 valence electrons. The number of hydrogen-bond acceptors (Lipinski definition) is 3. The predicted molar refractivity (Wildman–Crippen MR) is 145 cm³/mol. The van der Waals surface area contributed by atoms with Crippen LogP contribution in [0.1, 0.15) is 0 Å². The van der Waals surface area contributed by atoms with Crippen LogP contribution < -0.4 is 0 Å². The summed E-state index contributed by atoms with van der Waals surface area (Å²) in [6, 6.07) is 35.5. The third-order valence-corrected chi connectivity index (χ3v) is 6.52. The van der Waals surface area contributed by atoms with Crippen LogP contribution in [0.5, 0.6) is 0 Å². The van der Waals surface area contributed by atoms with Crippen molar-refractivity contribution in [3.8, 4) is 45.0 Å². The zero-order valence-corrected chi connectivity index (χ0v) is 19.3. The number of pyridine rings is 1. The molecule has 0 aliphatic rings. The van der Waals surface area contributed by atoms with Crippen molar-refractivity contribution in [2.24, 2.45) is 0 Å². The van der Waals surface area contributed by atoms with Crippen LogP contribution in [-0.4, -0.2) is 24.9 Å². The van der Waals surface area contributed by atoms with Crippen LogP contribution in [-0.2, 0) is 0 Å². The third-order valence-electron chi connectivity index (χ3n) is 6.52. The van der Waals surface area contributed by atoms with Gasteiger partial charge in [-0.25, -0.2) is 9.97 Å². The van der Waals surface area contributed by atoms with Crippen molar-refractivity contribution in [1.29, 1.82) is 0 Å². The Hall–Kier alpha value is -5.03. The maximum atomic E-state index is 4.83. The van der Waals surface area contributed by atoms with E-state index < -0.39 is 0 Å². The summed E-state index contributed by atoms with van der Waals surface area (Å²) in [5.41, 5.74) is 10.6. The summed E-state index contributed by atoms with van der Waals surface area (Å²) in [6.45, 7) is 0. The van der Waals surface area contributed by atoms with Crippen molar-refractivity contribution in [2.45, 2.75) is 0 Å². The number of aromatic nitrogens is 5. The summed E-state index contributed by atoms with van der Waals surface area (Å²) in [5, 5.41) is 0.